The first-order chi connectivity index (χ1) is 10.4. The van der Waals surface area contributed by atoms with Crippen molar-refractivity contribution in [3.63, 3.8) is 0 Å². The second kappa shape index (κ2) is 5.46. The number of nitrogens with zero attached hydrogens (tertiary/aromatic N) is 1. The van der Waals surface area contributed by atoms with E-state index < -0.39 is 17.3 Å². The molecule has 0 radical (unpaired) electrons. The molecule has 1 amide bonds. The van der Waals surface area contributed by atoms with Crippen molar-refractivity contribution in [3.8, 4) is 0 Å². The lowest BCUT2D eigenvalue weighted by molar-refractivity contribution is -0.137. The van der Waals surface area contributed by atoms with E-state index in [4.69, 9.17) is 4.74 Å². The van der Waals surface area contributed by atoms with Crippen molar-refractivity contribution in [1.29, 1.82) is 0 Å². The van der Waals surface area contributed by atoms with Crippen molar-refractivity contribution in [2.75, 3.05) is 19.6 Å². The normalized spacial score (nSPS) is 21.2. The smallest absolute Gasteiger partial charge is 0.416 e. The van der Waals surface area contributed by atoms with E-state index in [1.165, 1.54) is 12.1 Å². The molecule has 0 aromatic heterocycles. The molecule has 1 aromatic carbocycles. The third kappa shape index (κ3) is 3.04. The average Bonchev–Trinajstić information content (AvgIpc) is 2.75. The molecular weight excluding hydrogens is 297 g/mol. The maximum absolute atomic E-state index is 12.5. The molecule has 1 N–H and O–H groups in total. The number of ether oxygens (including phenoxy) is 1. The highest BCUT2D eigenvalue weighted by atomic mass is 19.4. The molecule has 0 bridgehead atoms. The summed E-state index contributed by atoms with van der Waals surface area (Å²) in [5.74, 6) is 0. The van der Waals surface area contributed by atoms with Gasteiger partial charge >= 0.3 is 12.3 Å². The summed E-state index contributed by atoms with van der Waals surface area (Å²) < 4.78 is 43.1. The lowest BCUT2D eigenvalue weighted by Gasteiger charge is -2.31. The maximum Gasteiger partial charge on any atom is 0.416 e. The van der Waals surface area contributed by atoms with Crippen LogP contribution in [0.2, 0.25) is 0 Å². The zero-order valence-electron chi connectivity index (χ0n) is 11.9. The number of hydrogen-bond donors (Lipinski definition) is 1. The molecule has 0 unspecified atom stereocenters. The van der Waals surface area contributed by atoms with E-state index >= 15 is 0 Å². The Morgan fingerprint density at radius 3 is 2.41 bits per heavy atom. The zero-order chi connectivity index (χ0) is 15.8. The number of hydrogen-bond acceptors (Lipinski definition) is 3. The number of carbonyl (C=O) groups excluding carboxylic acids is 1. The summed E-state index contributed by atoms with van der Waals surface area (Å²) in [6.07, 6.45) is -3.20. The Balaban J connectivity index is 1.67. The number of amides is 1. The number of benzene rings is 1. The van der Waals surface area contributed by atoms with E-state index in [1.54, 1.807) is 4.90 Å². The van der Waals surface area contributed by atoms with Gasteiger partial charge in [0.05, 0.1) is 12.1 Å². The molecule has 4 nitrogen and oxygen atoms in total. The van der Waals surface area contributed by atoms with Crippen LogP contribution in [-0.4, -0.2) is 36.2 Å². The fraction of sp³-hybridized carbons (Fsp3) is 0.533. The van der Waals surface area contributed by atoms with Gasteiger partial charge in [0.1, 0.15) is 5.60 Å². The van der Waals surface area contributed by atoms with Gasteiger partial charge in [-0.05, 0) is 30.8 Å². The Morgan fingerprint density at radius 1 is 1.18 bits per heavy atom. The summed E-state index contributed by atoms with van der Waals surface area (Å²) in [6.45, 7) is 2.38. The molecule has 22 heavy (non-hydrogen) atoms. The quantitative estimate of drug-likeness (QED) is 0.913. The molecular formula is C15H17F3N2O2. The number of piperidine rings is 1. The van der Waals surface area contributed by atoms with Gasteiger partial charge in [0.2, 0.25) is 0 Å². The molecule has 0 atom stereocenters. The maximum atomic E-state index is 12.5. The summed E-state index contributed by atoms with van der Waals surface area (Å²) >= 11 is 0. The van der Waals surface area contributed by atoms with Gasteiger partial charge in [0.15, 0.2) is 0 Å². The van der Waals surface area contributed by atoms with Crippen LogP contribution in [0.5, 0.6) is 0 Å². The molecule has 2 heterocycles. The van der Waals surface area contributed by atoms with E-state index in [0.29, 0.717) is 12.1 Å². The Kier molecular flexibility index (Phi) is 3.76. The highest BCUT2D eigenvalue weighted by molar-refractivity contribution is 5.70. The van der Waals surface area contributed by atoms with Crippen LogP contribution < -0.4 is 5.32 Å². The second-order valence-corrected chi connectivity index (χ2v) is 5.85. The summed E-state index contributed by atoms with van der Waals surface area (Å²) in [4.78, 5) is 13.5. The van der Waals surface area contributed by atoms with Crippen molar-refractivity contribution in [2.45, 2.75) is 31.2 Å². The Labute approximate surface area is 126 Å². The zero-order valence-corrected chi connectivity index (χ0v) is 11.9. The van der Waals surface area contributed by atoms with Gasteiger partial charge in [-0.3, -0.25) is 4.90 Å². The molecule has 0 saturated carbocycles. The van der Waals surface area contributed by atoms with Crippen molar-refractivity contribution >= 4 is 6.09 Å². The second-order valence-electron chi connectivity index (χ2n) is 5.85. The van der Waals surface area contributed by atoms with E-state index in [-0.39, 0.29) is 12.6 Å². The minimum atomic E-state index is -4.34. The molecule has 120 valence electrons. The van der Waals surface area contributed by atoms with Gasteiger partial charge in [-0.15, -0.1) is 0 Å². The predicted molar refractivity (Wildman–Crippen MR) is 73.2 cm³/mol. The number of carbonyl (C=O) groups is 1. The predicted octanol–water partition coefficient (Wildman–Crippen LogP) is 2.78. The Hall–Kier alpha value is -1.76. The number of rotatable bonds is 2. The van der Waals surface area contributed by atoms with Gasteiger partial charge in [0, 0.05) is 19.4 Å². The van der Waals surface area contributed by atoms with Crippen LogP contribution in [-0.2, 0) is 17.5 Å². The molecule has 2 aliphatic rings. The van der Waals surface area contributed by atoms with Crippen LogP contribution in [0, 0.1) is 0 Å². The molecule has 1 spiro atoms. The summed E-state index contributed by atoms with van der Waals surface area (Å²) in [6, 6.07) is 4.89. The number of alkyl halides is 3. The van der Waals surface area contributed by atoms with Crippen LogP contribution in [0.3, 0.4) is 0 Å². The van der Waals surface area contributed by atoms with Gasteiger partial charge in [-0.1, -0.05) is 12.1 Å². The summed E-state index contributed by atoms with van der Waals surface area (Å²) in [7, 11) is 0. The fourth-order valence-electron chi connectivity index (χ4n) is 2.98. The van der Waals surface area contributed by atoms with E-state index in [1.807, 2.05) is 0 Å². The van der Waals surface area contributed by atoms with E-state index in [9.17, 15) is 18.0 Å². The van der Waals surface area contributed by atoms with Crippen LogP contribution in [0.25, 0.3) is 0 Å². The van der Waals surface area contributed by atoms with Crippen molar-refractivity contribution < 1.29 is 22.7 Å². The third-order valence-corrected chi connectivity index (χ3v) is 4.21. The molecule has 3 rings (SSSR count). The molecule has 2 saturated heterocycles. The largest absolute Gasteiger partial charge is 0.441 e. The van der Waals surface area contributed by atoms with Crippen LogP contribution in [0.4, 0.5) is 18.0 Å². The van der Waals surface area contributed by atoms with E-state index in [2.05, 4.69) is 5.32 Å². The Bertz CT molecular complexity index is 551. The molecule has 7 heteroatoms. The van der Waals surface area contributed by atoms with Crippen molar-refractivity contribution in [3.05, 3.63) is 35.4 Å². The first-order valence-electron chi connectivity index (χ1n) is 7.23. The van der Waals surface area contributed by atoms with Crippen LogP contribution in [0.1, 0.15) is 24.0 Å². The minimum Gasteiger partial charge on any atom is -0.441 e. The average molecular weight is 314 g/mol. The first kappa shape index (κ1) is 15.1. The molecule has 0 aliphatic carbocycles. The Morgan fingerprint density at radius 2 is 1.82 bits per heavy atom. The third-order valence-electron chi connectivity index (χ3n) is 4.21. The number of nitrogens with one attached hydrogen (secondary N) is 1. The SMILES string of the molecule is O=C1OC2(CCNCC2)CN1Cc1ccc(C(F)(F)F)cc1. The summed E-state index contributed by atoms with van der Waals surface area (Å²) in [5, 5.41) is 3.22. The highest BCUT2D eigenvalue weighted by Gasteiger charge is 2.45. The van der Waals surface area contributed by atoms with Crippen LogP contribution in [0.15, 0.2) is 24.3 Å². The van der Waals surface area contributed by atoms with Gasteiger partial charge in [-0.25, -0.2) is 4.79 Å². The molecule has 2 fully saturated rings. The topological polar surface area (TPSA) is 41.6 Å². The first-order valence-corrected chi connectivity index (χ1v) is 7.23. The molecule has 2 aliphatic heterocycles. The summed E-state index contributed by atoms with van der Waals surface area (Å²) in [5.41, 5.74) is -0.458. The monoisotopic (exact) mass is 314 g/mol. The van der Waals surface area contributed by atoms with Gasteiger partial charge < -0.3 is 10.1 Å². The lowest BCUT2D eigenvalue weighted by Crippen LogP contribution is -2.44. The number of halogens is 3. The van der Waals surface area contributed by atoms with Gasteiger partial charge in [0.25, 0.3) is 0 Å². The lowest BCUT2D eigenvalue weighted by atomic mass is 9.92. The van der Waals surface area contributed by atoms with Crippen LogP contribution >= 0.6 is 0 Å². The van der Waals surface area contributed by atoms with Crippen molar-refractivity contribution in [2.24, 2.45) is 0 Å². The molecule has 1 aromatic rings. The van der Waals surface area contributed by atoms with E-state index in [0.717, 1.165) is 38.1 Å². The van der Waals surface area contributed by atoms with Crippen molar-refractivity contribution in [1.82, 2.24) is 10.2 Å². The minimum absolute atomic E-state index is 0.270. The fourth-order valence-corrected chi connectivity index (χ4v) is 2.98. The standard InChI is InChI=1S/C15H17F3N2O2/c16-15(17,18)12-3-1-11(2-4-12)9-20-10-14(22-13(20)21)5-7-19-8-6-14/h1-4,19H,5-10H2. The highest BCUT2D eigenvalue weighted by Crippen LogP contribution is 2.33. The van der Waals surface area contributed by atoms with Gasteiger partial charge in [-0.2, -0.15) is 13.2 Å².